The normalized spacial score (nSPS) is 11.4. The lowest BCUT2D eigenvalue weighted by atomic mass is 10.2. The highest BCUT2D eigenvalue weighted by molar-refractivity contribution is 5.69. The Kier molecular flexibility index (Phi) is 3.08. The third kappa shape index (κ3) is 2.02. The molecule has 1 aromatic rings. The average molecular weight is 188 g/mol. The van der Waals surface area contributed by atoms with Crippen molar-refractivity contribution in [3.05, 3.63) is 30.5 Å². The first-order chi connectivity index (χ1) is 6.69. The van der Waals surface area contributed by atoms with Crippen LogP contribution in [0.2, 0.25) is 0 Å². The topological polar surface area (TPSA) is 74.7 Å². The predicted octanol–water partition coefficient (Wildman–Crippen LogP) is 1.52. The van der Waals surface area contributed by atoms with Gasteiger partial charge in [0.15, 0.2) is 5.82 Å². The van der Waals surface area contributed by atoms with E-state index in [0.29, 0.717) is 17.1 Å². The second-order valence-corrected chi connectivity index (χ2v) is 2.90. The number of hydrogen-bond acceptors (Lipinski definition) is 4. The van der Waals surface area contributed by atoms with Crippen molar-refractivity contribution < 1.29 is 0 Å². The molecule has 3 N–H and O–H groups in total. The first-order valence-corrected chi connectivity index (χ1v) is 4.22. The molecule has 1 atom stereocenters. The molecular weight excluding hydrogens is 176 g/mol. The minimum Gasteiger partial charge on any atom is -0.395 e. The summed E-state index contributed by atoms with van der Waals surface area (Å²) in [6, 6.07) is 3.65. The Morgan fingerprint density at radius 2 is 2.50 bits per heavy atom. The summed E-state index contributed by atoms with van der Waals surface area (Å²) in [4.78, 5) is 4.04. The highest BCUT2D eigenvalue weighted by Crippen LogP contribution is 2.19. The minimum atomic E-state index is 0.0683. The molecular formula is C10H12N4. The van der Waals surface area contributed by atoms with Crippen LogP contribution in [-0.4, -0.2) is 11.0 Å². The van der Waals surface area contributed by atoms with Gasteiger partial charge < -0.3 is 11.1 Å². The van der Waals surface area contributed by atoms with Crippen molar-refractivity contribution in [2.75, 3.05) is 11.1 Å². The molecule has 0 radical (unpaired) electrons. The van der Waals surface area contributed by atoms with Crippen molar-refractivity contribution in [1.29, 1.82) is 5.26 Å². The number of nitrogen functional groups attached to an aromatic ring is 1. The lowest BCUT2D eigenvalue weighted by Crippen LogP contribution is -2.14. The molecule has 0 saturated heterocycles. The molecule has 14 heavy (non-hydrogen) atoms. The Morgan fingerprint density at radius 3 is 3.07 bits per heavy atom. The summed E-state index contributed by atoms with van der Waals surface area (Å²) in [6.07, 6.45) is 3.28. The molecule has 72 valence electrons. The zero-order chi connectivity index (χ0) is 10.6. The quantitative estimate of drug-likeness (QED) is 0.705. The molecule has 0 aliphatic carbocycles. The van der Waals surface area contributed by atoms with Gasteiger partial charge in [0.1, 0.15) is 6.07 Å². The minimum absolute atomic E-state index is 0.0683. The van der Waals surface area contributed by atoms with Gasteiger partial charge in [-0.05, 0) is 13.0 Å². The van der Waals surface area contributed by atoms with Crippen LogP contribution in [0.5, 0.6) is 0 Å². The van der Waals surface area contributed by atoms with E-state index in [9.17, 15) is 0 Å². The molecule has 0 amide bonds. The number of anilines is 2. The first-order valence-electron chi connectivity index (χ1n) is 4.22. The van der Waals surface area contributed by atoms with Gasteiger partial charge in [-0.1, -0.05) is 6.08 Å². The van der Waals surface area contributed by atoms with Crippen molar-refractivity contribution >= 4 is 11.5 Å². The molecule has 4 heteroatoms. The van der Waals surface area contributed by atoms with Crippen molar-refractivity contribution in [2.45, 2.75) is 13.0 Å². The fraction of sp³-hybridized carbons (Fsp3) is 0.200. The fourth-order valence-electron chi connectivity index (χ4n) is 0.960. The smallest absolute Gasteiger partial charge is 0.150 e. The molecule has 0 spiro atoms. The molecule has 0 saturated carbocycles. The van der Waals surface area contributed by atoms with E-state index in [4.69, 9.17) is 11.0 Å². The SMILES string of the molecule is C=CC(C)Nc1nccc(C#N)c1N. The Hall–Kier alpha value is -2.02. The Labute approximate surface area is 83.1 Å². The maximum absolute atomic E-state index is 8.73. The van der Waals surface area contributed by atoms with E-state index in [-0.39, 0.29) is 6.04 Å². The van der Waals surface area contributed by atoms with E-state index in [1.54, 1.807) is 18.3 Å². The van der Waals surface area contributed by atoms with Crippen molar-refractivity contribution in [3.63, 3.8) is 0 Å². The van der Waals surface area contributed by atoms with Gasteiger partial charge in [-0.15, -0.1) is 6.58 Å². The molecule has 1 aromatic heterocycles. The highest BCUT2D eigenvalue weighted by atomic mass is 15.0. The maximum atomic E-state index is 8.73. The lowest BCUT2D eigenvalue weighted by molar-refractivity contribution is 0.985. The maximum Gasteiger partial charge on any atom is 0.150 e. The second-order valence-electron chi connectivity index (χ2n) is 2.90. The molecule has 4 nitrogen and oxygen atoms in total. The van der Waals surface area contributed by atoms with E-state index in [0.717, 1.165) is 0 Å². The molecule has 1 rings (SSSR count). The molecule has 0 aliphatic heterocycles. The van der Waals surface area contributed by atoms with Gasteiger partial charge in [0.2, 0.25) is 0 Å². The van der Waals surface area contributed by atoms with Crippen LogP contribution in [0.1, 0.15) is 12.5 Å². The molecule has 1 heterocycles. The molecule has 0 bridgehead atoms. The first kappa shape index (κ1) is 10.1. The fourth-order valence-corrected chi connectivity index (χ4v) is 0.960. The van der Waals surface area contributed by atoms with E-state index in [1.165, 1.54) is 0 Å². The second kappa shape index (κ2) is 4.28. The van der Waals surface area contributed by atoms with Crippen LogP contribution >= 0.6 is 0 Å². The van der Waals surface area contributed by atoms with Crippen LogP contribution in [0, 0.1) is 11.3 Å². The summed E-state index contributed by atoms with van der Waals surface area (Å²) in [5.41, 5.74) is 6.52. The van der Waals surface area contributed by atoms with Gasteiger partial charge in [0.05, 0.1) is 11.3 Å². The van der Waals surface area contributed by atoms with Crippen LogP contribution in [-0.2, 0) is 0 Å². The van der Waals surface area contributed by atoms with Gasteiger partial charge in [0, 0.05) is 12.2 Å². The number of nitrogens with two attached hydrogens (primary N) is 1. The molecule has 0 aliphatic rings. The Balaban J connectivity index is 2.99. The van der Waals surface area contributed by atoms with E-state index in [2.05, 4.69) is 16.9 Å². The van der Waals surface area contributed by atoms with Gasteiger partial charge in [-0.25, -0.2) is 4.98 Å². The lowest BCUT2D eigenvalue weighted by Gasteiger charge is -2.12. The summed E-state index contributed by atoms with van der Waals surface area (Å²) in [5, 5.41) is 11.8. The summed E-state index contributed by atoms with van der Waals surface area (Å²) in [5.74, 6) is 0.524. The Bertz CT molecular complexity index is 378. The van der Waals surface area contributed by atoms with Crippen molar-refractivity contribution in [3.8, 4) is 6.07 Å². The van der Waals surface area contributed by atoms with Crippen LogP contribution < -0.4 is 11.1 Å². The van der Waals surface area contributed by atoms with Crippen LogP contribution in [0.25, 0.3) is 0 Å². The highest BCUT2D eigenvalue weighted by Gasteiger charge is 2.06. The zero-order valence-corrected chi connectivity index (χ0v) is 7.99. The van der Waals surface area contributed by atoms with Gasteiger partial charge >= 0.3 is 0 Å². The third-order valence-corrected chi connectivity index (χ3v) is 1.83. The number of rotatable bonds is 3. The number of hydrogen-bond donors (Lipinski definition) is 2. The van der Waals surface area contributed by atoms with E-state index in [1.807, 2.05) is 13.0 Å². The third-order valence-electron chi connectivity index (χ3n) is 1.83. The standard InChI is InChI=1S/C10H12N4/c1-3-7(2)14-10-9(12)8(6-11)4-5-13-10/h3-5,7H,1,12H2,2H3,(H,13,14). The van der Waals surface area contributed by atoms with E-state index < -0.39 is 0 Å². The summed E-state index contributed by atoms with van der Waals surface area (Å²) in [6.45, 7) is 5.56. The van der Waals surface area contributed by atoms with E-state index >= 15 is 0 Å². The monoisotopic (exact) mass is 188 g/mol. The van der Waals surface area contributed by atoms with Crippen LogP contribution in [0.4, 0.5) is 11.5 Å². The summed E-state index contributed by atoms with van der Waals surface area (Å²) >= 11 is 0. The average Bonchev–Trinajstić information content (AvgIpc) is 2.21. The van der Waals surface area contributed by atoms with Crippen molar-refractivity contribution in [1.82, 2.24) is 4.98 Å². The van der Waals surface area contributed by atoms with Crippen LogP contribution in [0.3, 0.4) is 0 Å². The molecule has 1 unspecified atom stereocenters. The molecule has 0 aromatic carbocycles. The number of pyridine rings is 1. The number of nitrogens with zero attached hydrogens (tertiary/aromatic N) is 2. The Morgan fingerprint density at radius 1 is 1.79 bits per heavy atom. The van der Waals surface area contributed by atoms with Gasteiger partial charge in [0.25, 0.3) is 0 Å². The number of nitriles is 1. The summed E-state index contributed by atoms with van der Waals surface area (Å²) < 4.78 is 0. The number of aromatic nitrogens is 1. The predicted molar refractivity (Wildman–Crippen MR) is 56.6 cm³/mol. The number of nitrogens with one attached hydrogen (secondary N) is 1. The van der Waals surface area contributed by atoms with Gasteiger partial charge in [-0.2, -0.15) is 5.26 Å². The summed E-state index contributed by atoms with van der Waals surface area (Å²) in [7, 11) is 0. The van der Waals surface area contributed by atoms with Crippen LogP contribution in [0.15, 0.2) is 24.9 Å². The largest absolute Gasteiger partial charge is 0.395 e. The molecule has 0 fully saturated rings. The zero-order valence-electron chi connectivity index (χ0n) is 7.99. The van der Waals surface area contributed by atoms with Crippen molar-refractivity contribution in [2.24, 2.45) is 0 Å². The van der Waals surface area contributed by atoms with Gasteiger partial charge in [-0.3, -0.25) is 0 Å².